The summed E-state index contributed by atoms with van der Waals surface area (Å²) in [5, 5.41) is 11.0. The van der Waals surface area contributed by atoms with Gasteiger partial charge in [0.05, 0.1) is 12.0 Å². The van der Waals surface area contributed by atoms with Crippen LogP contribution in [0.2, 0.25) is 0 Å². The highest BCUT2D eigenvalue weighted by molar-refractivity contribution is 5.77. The summed E-state index contributed by atoms with van der Waals surface area (Å²) in [4.78, 5) is 23.5. The number of hydrogen-bond donors (Lipinski definition) is 0. The van der Waals surface area contributed by atoms with Gasteiger partial charge in [0.1, 0.15) is 12.2 Å². The van der Waals surface area contributed by atoms with E-state index in [1.807, 2.05) is 6.92 Å². The van der Waals surface area contributed by atoms with Gasteiger partial charge in [0.25, 0.3) is 5.69 Å². The zero-order chi connectivity index (χ0) is 13.7. The third kappa shape index (κ3) is 3.19. The van der Waals surface area contributed by atoms with Crippen molar-refractivity contribution in [3.05, 3.63) is 33.9 Å². The molecular weight excluding hydrogens is 236 g/mol. The number of carbonyl (C=O) groups is 1. The molecule has 0 aliphatic carbocycles. The van der Waals surface area contributed by atoms with Crippen molar-refractivity contribution < 1.29 is 14.5 Å². The van der Waals surface area contributed by atoms with Gasteiger partial charge in [-0.15, -0.1) is 0 Å². The number of nitro benzene ring substituents is 1. The Morgan fingerprint density at radius 1 is 1.50 bits per heavy atom. The molecule has 18 heavy (non-hydrogen) atoms. The van der Waals surface area contributed by atoms with Gasteiger partial charge in [-0.1, -0.05) is 6.07 Å². The fraction of sp³-hybridized carbons (Fsp3) is 0.417. The molecule has 0 spiro atoms. The van der Waals surface area contributed by atoms with Gasteiger partial charge < -0.3 is 9.64 Å². The number of anilines is 1. The molecule has 6 nitrogen and oxygen atoms in total. The summed E-state index contributed by atoms with van der Waals surface area (Å²) in [6.45, 7) is 4.09. The number of esters is 1. The van der Waals surface area contributed by atoms with Crippen molar-refractivity contribution in [2.24, 2.45) is 0 Å². The first kappa shape index (κ1) is 14.0. The van der Waals surface area contributed by atoms with Gasteiger partial charge in [0.15, 0.2) is 0 Å². The smallest absolute Gasteiger partial charge is 0.325 e. The number of rotatable bonds is 5. The predicted octanol–water partition coefficient (Wildman–Crippen LogP) is 1.90. The molecular formula is C12H16N2O4. The number of hydrogen-bond acceptors (Lipinski definition) is 5. The lowest BCUT2D eigenvalue weighted by Crippen LogP contribution is -2.30. The summed E-state index contributed by atoms with van der Waals surface area (Å²) >= 11 is 0. The van der Waals surface area contributed by atoms with E-state index in [2.05, 4.69) is 4.74 Å². The maximum atomic E-state index is 11.3. The van der Waals surface area contributed by atoms with Crippen molar-refractivity contribution in [1.82, 2.24) is 0 Å². The third-order valence-corrected chi connectivity index (χ3v) is 2.60. The normalized spacial score (nSPS) is 9.94. The van der Waals surface area contributed by atoms with Crippen molar-refractivity contribution in [2.45, 2.75) is 13.8 Å². The lowest BCUT2D eigenvalue weighted by Gasteiger charge is -2.21. The molecule has 6 heteroatoms. The summed E-state index contributed by atoms with van der Waals surface area (Å²) in [5.74, 6) is -0.424. The molecule has 0 saturated heterocycles. The van der Waals surface area contributed by atoms with Crippen LogP contribution in [0.3, 0.4) is 0 Å². The van der Waals surface area contributed by atoms with E-state index < -0.39 is 10.9 Å². The molecule has 1 rings (SSSR count). The molecule has 0 heterocycles. The molecule has 0 atom stereocenters. The van der Waals surface area contributed by atoms with Crippen LogP contribution in [0.4, 0.5) is 11.4 Å². The highest BCUT2D eigenvalue weighted by Crippen LogP contribution is 2.28. The minimum Gasteiger partial charge on any atom is -0.468 e. The number of nitro groups is 1. The third-order valence-electron chi connectivity index (χ3n) is 2.60. The van der Waals surface area contributed by atoms with Crippen LogP contribution in [0.1, 0.15) is 12.5 Å². The molecule has 0 bridgehead atoms. The summed E-state index contributed by atoms with van der Waals surface area (Å²) in [5.41, 5.74) is 1.24. The van der Waals surface area contributed by atoms with E-state index in [4.69, 9.17) is 0 Å². The Kier molecular flexibility index (Phi) is 4.65. The molecule has 0 fully saturated rings. The monoisotopic (exact) mass is 252 g/mol. The second-order valence-electron chi connectivity index (χ2n) is 3.84. The van der Waals surface area contributed by atoms with E-state index in [0.717, 1.165) is 5.56 Å². The summed E-state index contributed by atoms with van der Waals surface area (Å²) in [7, 11) is 1.29. The van der Waals surface area contributed by atoms with E-state index >= 15 is 0 Å². The first-order valence-electron chi connectivity index (χ1n) is 5.56. The number of carbonyl (C=O) groups excluding carboxylic acids is 1. The molecule has 0 aliphatic heterocycles. The molecule has 0 N–H and O–H groups in total. The van der Waals surface area contributed by atoms with Gasteiger partial charge in [-0.25, -0.2) is 0 Å². The van der Waals surface area contributed by atoms with E-state index in [-0.39, 0.29) is 12.2 Å². The zero-order valence-electron chi connectivity index (χ0n) is 10.7. The number of nitrogens with zero attached hydrogens (tertiary/aromatic N) is 2. The molecule has 0 saturated carbocycles. The number of ether oxygens (including phenoxy) is 1. The fourth-order valence-electron chi connectivity index (χ4n) is 1.63. The molecule has 0 radical (unpaired) electrons. The summed E-state index contributed by atoms with van der Waals surface area (Å²) in [6, 6.07) is 4.93. The van der Waals surface area contributed by atoms with Crippen LogP contribution >= 0.6 is 0 Å². The second-order valence-corrected chi connectivity index (χ2v) is 3.84. The van der Waals surface area contributed by atoms with Crippen LogP contribution in [-0.2, 0) is 9.53 Å². The zero-order valence-corrected chi connectivity index (χ0v) is 10.7. The van der Waals surface area contributed by atoms with Crippen LogP contribution in [-0.4, -0.2) is 31.1 Å². The van der Waals surface area contributed by atoms with E-state index in [0.29, 0.717) is 12.2 Å². The van der Waals surface area contributed by atoms with Crippen molar-refractivity contribution in [3.63, 3.8) is 0 Å². The van der Waals surface area contributed by atoms with Crippen LogP contribution < -0.4 is 4.90 Å². The first-order chi connectivity index (χ1) is 8.49. The molecule has 1 aromatic carbocycles. The van der Waals surface area contributed by atoms with E-state index in [1.54, 1.807) is 24.0 Å². The molecule has 98 valence electrons. The Morgan fingerprint density at radius 2 is 2.17 bits per heavy atom. The quantitative estimate of drug-likeness (QED) is 0.454. The van der Waals surface area contributed by atoms with Crippen molar-refractivity contribution in [1.29, 1.82) is 0 Å². The Balaban J connectivity index is 3.12. The van der Waals surface area contributed by atoms with Crippen molar-refractivity contribution in [3.8, 4) is 0 Å². The standard InChI is InChI=1S/C12H16N2O4/c1-4-13(8-12(15)18-3)10-6-5-9(2)7-11(10)14(16)17/h5-7H,4,8H2,1-3H3. The second kappa shape index (κ2) is 6.00. The van der Waals surface area contributed by atoms with Gasteiger partial charge in [0, 0.05) is 12.6 Å². The van der Waals surface area contributed by atoms with Crippen LogP contribution in [0.5, 0.6) is 0 Å². The average molecular weight is 252 g/mol. The topological polar surface area (TPSA) is 72.7 Å². The number of likely N-dealkylation sites (N-methyl/N-ethyl adjacent to an activating group) is 1. The summed E-state index contributed by atoms with van der Waals surface area (Å²) < 4.78 is 4.58. The minimum atomic E-state index is -0.442. The van der Waals surface area contributed by atoms with Gasteiger partial charge in [-0.2, -0.15) is 0 Å². The summed E-state index contributed by atoms with van der Waals surface area (Å²) in [6.07, 6.45) is 0. The Labute approximate surface area is 105 Å². The van der Waals surface area contributed by atoms with Crippen LogP contribution in [0.15, 0.2) is 18.2 Å². The number of methoxy groups -OCH3 is 1. The minimum absolute atomic E-state index is 0.000697. The lowest BCUT2D eigenvalue weighted by atomic mass is 10.1. The van der Waals surface area contributed by atoms with E-state index in [1.165, 1.54) is 13.2 Å². The molecule has 0 aliphatic rings. The fourth-order valence-corrected chi connectivity index (χ4v) is 1.63. The Hall–Kier alpha value is -2.11. The number of benzene rings is 1. The molecule has 1 aromatic rings. The van der Waals surface area contributed by atoms with Gasteiger partial charge >= 0.3 is 5.97 Å². The highest BCUT2D eigenvalue weighted by atomic mass is 16.6. The molecule has 0 unspecified atom stereocenters. The van der Waals surface area contributed by atoms with Gasteiger partial charge in [-0.3, -0.25) is 14.9 Å². The Bertz CT molecular complexity index is 459. The van der Waals surface area contributed by atoms with E-state index in [9.17, 15) is 14.9 Å². The van der Waals surface area contributed by atoms with Crippen molar-refractivity contribution >= 4 is 17.3 Å². The molecule has 0 amide bonds. The predicted molar refractivity (Wildman–Crippen MR) is 67.7 cm³/mol. The maximum Gasteiger partial charge on any atom is 0.325 e. The van der Waals surface area contributed by atoms with Crippen LogP contribution in [0, 0.1) is 17.0 Å². The molecule has 0 aromatic heterocycles. The SMILES string of the molecule is CCN(CC(=O)OC)c1ccc(C)cc1[N+](=O)[O-]. The average Bonchev–Trinajstić information content (AvgIpc) is 2.35. The first-order valence-corrected chi connectivity index (χ1v) is 5.56. The van der Waals surface area contributed by atoms with Gasteiger partial charge in [0.2, 0.25) is 0 Å². The maximum absolute atomic E-state index is 11.3. The Morgan fingerprint density at radius 3 is 2.67 bits per heavy atom. The highest BCUT2D eigenvalue weighted by Gasteiger charge is 2.20. The van der Waals surface area contributed by atoms with Crippen LogP contribution in [0.25, 0.3) is 0 Å². The lowest BCUT2D eigenvalue weighted by molar-refractivity contribution is -0.384. The van der Waals surface area contributed by atoms with Crippen molar-refractivity contribution in [2.75, 3.05) is 25.1 Å². The number of aryl methyl sites for hydroxylation is 1. The largest absolute Gasteiger partial charge is 0.468 e. The van der Waals surface area contributed by atoms with Gasteiger partial charge in [-0.05, 0) is 25.5 Å².